The summed E-state index contributed by atoms with van der Waals surface area (Å²) >= 11 is 0. The number of pyridine rings is 1. The van der Waals surface area contributed by atoms with Crippen molar-refractivity contribution in [1.82, 2.24) is 4.98 Å². The number of nitrogens with zero attached hydrogens (tertiary/aromatic N) is 1. The van der Waals surface area contributed by atoms with Gasteiger partial charge in [0.15, 0.2) is 5.79 Å². The van der Waals surface area contributed by atoms with Gasteiger partial charge in [-0.05, 0) is 31.9 Å². The third kappa shape index (κ3) is 2.35. The topological polar surface area (TPSA) is 43.4 Å². The first-order valence-electron chi connectivity index (χ1n) is 6.74. The normalized spacial score (nSPS) is 23.4. The number of hydrogen-bond donors (Lipinski definition) is 1. The van der Waals surface area contributed by atoms with E-state index in [1.54, 1.807) is 0 Å². The van der Waals surface area contributed by atoms with Crippen molar-refractivity contribution in [2.45, 2.75) is 44.4 Å². The first-order valence-corrected chi connectivity index (χ1v) is 6.74. The van der Waals surface area contributed by atoms with Crippen LogP contribution >= 0.6 is 0 Å². The Kier molecular flexibility index (Phi) is 3.22. The summed E-state index contributed by atoms with van der Waals surface area (Å²) in [7, 11) is 0. The SMILES string of the molecule is Cc1ncccc1NC1CCC2(CC1)OCCO2. The highest BCUT2D eigenvalue weighted by Crippen LogP contribution is 2.36. The van der Waals surface area contributed by atoms with E-state index in [-0.39, 0.29) is 5.79 Å². The predicted octanol–water partition coefficient (Wildman–Crippen LogP) is 2.49. The number of aryl methyl sites for hydroxylation is 1. The zero-order valence-corrected chi connectivity index (χ0v) is 10.8. The lowest BCUT2D eigenvalue weighted by Gasteiger charge is -2.36. The van der Waals surface area contributed by atoms with Crippen molar-refractivity contribution in [3.63, 3.8) is 0 Å². The highest BCUT2D eigenvalue weighted by Gasteiger charge is 2.40. The maximum absolute atomic E-state index is 5.74. The van der Waals surface area contributed by atoms with Crippen LogP contribution in [-0.4, -0.2) is 30.0 Å². The fourth-order valence-corrected chi connectivity index (χ4v) is 2.84. The zero-order valence-electron chi connectivity index (χ0n) is 10.8. The van der Waals surface area contributed by atoms with Gasteiger partial charge in [0.25, 0.3) is 0 Å². The lowest BCUT2D eigenvalue weighted by Crippen LogP contribution is -2.39. The number of ether oxygens (including phenoxy) is 2. The van der Waals surface area contributed by atoms with E-state index in [9.17, 15) is 0 Å². The Labute approximate surface area is 108 Å². The standard InChI is InChI=1S/C14H20N2O2/c1-11-13(3-2-8-15-11)16-12-4-6-14(7-5-12)17-9-10-18-14/h2-3,8,12,16H,4-7,9-10H2,1H3. The molecule has 1 aliphatic carbocycles. The lowest BCUT2D eigenvalue weighted by atomic mass is 9.90. The van der Waals surface area contributed by atoms with E-state index in [1.807, 2.05) is 19.2 Å². The van der Waals surface area contributed by atoms with Gasteiger partial charge in [-0.25, -0.2) is 0 Å². The molecule has 1 saturated carbocycles. The van der Waals surface area contributed by atoms with E-state index in [0.29, 0.717) is 6.04 Å². The van der Waals surface area contributed by atoms with Crippen LogP contribution in [0.2, 0.25) is 0 Å². The molecule has 4 nitrogen and oxygen atoms in total. The van der Waals surface area contributed by atoms with E-state index in [4.69, 9.17) is 9.47 Å². The Morgan fingerprint density at radius 1 is 1.28 bits per heavy atom. The summed E-state index contributed by atoms with van der Waals surface area (Å²) in [5.41, 5.74) is 2.21. The first-order chi connectivity index (χ1) is 8.77. The second-order valence-corrected chi connectivity index (χ2v) is 5.16. The van der Waals surface area contributed by atoms with Gasteiger partial charge in [0, 0.05) is 25.1 Å². The molecule has 1 saturated heterocycles. The van der Waals surface area contributed by atoms with Gasteiger partial charge in [0.2, 0.25) is 0 Å². The molecule has 2 fully saturated rings. The summed E-state index contributed by atoms with van der Waals surface area (Å²) in [5.74, 6) is -0.262. The van der Waals surface area contributed by atoms with Crippen LogP contribution in [-0.2, 0) is 9.47 Å². The maximum atomic E-state index is 5.74. The van der Waals surface area contributed by atoms with Gasteiger partial charge in [0.05, 0.1) is 24.6 Å². The molecule has 0 unspecified atom stereocenters. The van der Waals surface area contributed by atoms with E-state index < -0.39 is 0 Å². The third-order valence-corrected chi connectivity index (χ3v) is 3.93. The van der Waals surface area contributed by atoms with E-state index in [0.717, 1.165) is 50.3 Å². The van der Waals surface area contributed by atoms with E-state index >= 15 is 0 Å². The van der Waals surface area contributed by atoms with Gasteiger partial charge >= 0.3 is 0 Å². The molecule has 1 N–H and O–H groups in total. The molecule has 1 aliphatic heterocycles. The summed E-state index contributed by atoms with van der Waals surface area (Å²) in [6, 6.07) is 4.57. The summed E-state index contributed by atoms with van der Waals surface area (Å²) in [6.07, 6.45) is 5.99. The van der Waals surface area contributed by atoms with Gasteiger partial charge in [-0.3, -0.25) is 4.98 Å². The van der Waals surface area contributed by atoms with Crippen LogP contribution in [0.3, 0.4) is 0 Å². The predicted molar refractivity (Wildman–Crippen MR) is 69.5 cm³/mol. The quantitative estimate of drug-likeness (QED) is 0.873. The molecule has 0 aromatic carbocycles. The molecule has 0 atom stereocenters. The van der Waals surface area contributed by atoms with Crippen LogP contribution in [0.5, 0.6) is 0 Å². The van der Waals surface area contributed by atoms with Crippen molar-refractivity contribution in [1.29, 1.82) is 0 Å². The van der Waals surface area contributed by atoms with Crippen molar-refractivity contribution >= 4 is 5.69 Å². The number of nitrogens with one attached hydrogen (secondary N) is 1. The van der Waals surface area contributed by atoms with Gasteiger partial charge in [0.1, 0.15) is 0 Å². The first kappa shape index (κ1) is 11.9. The minimum absolute atomic E-state index is 0.262. The fourth-order valence-electron chi connectivity index (χ4n) is 2.84. The van der Waals surface area contributed by atoms with Crippen LogP contribution in [0.4, 0.5) is 5.69 Å². The van der Waals surface area contributed by atoms with Gasteiger partial charge in [-0.2, -0.15) is 0 Å². The van der Waals surface area contributed by atoms with Crippen molar-refractivity contribution in [2.24, 2.45) is 0 Å². The minimum Gasteiger partial charge on any atom is -0.381 e. The average Bonchev–Trinajstić information content (AvgIpc) is 2.84. The molecule has 0 radical (unpaired) electrons. The zero-order chi connectivity index (χ0) is 12.4. The molecule has 1 aromatic heterocycles. The van der Waals surface area contributed by atoms with Crippen LogP contribution in [0.1, 0.15) is 31.4 Å². The van der Waals surface area contributed by atoms with E-state index in [1.165, 1.54) is 0 Å². The molecule has 2 aliphatic rings. The Hall–Kier alpha value is -1.13. The number of hydrogen-bond acceptors (Lipinski definition) is 4. The summed E-state index contributed by atoms with van der Waals surface area (Å²) < 4.78 is 11.5. The van der Waals surface area contributed by atoms with Crippen LogP contribution in [0, 0.1) is 6.92 Å². The molecule has 0 amide bonds. The Bertz CT molecular complexity index is 406. The second kappa shape index (κ2) is 4.86. The van der Waals surface area contributed by atoms with Crippen LogP contribution < -0.4 is 5.32 Å². The number of aromatic nitrogens is 1. The van der Waals surface area contributed by atoms with Gasteiger partial charge in [-0.15, -0.1) is 0 Å². The van der Waals surface area contributed by atoms with Crippen molar-refractivity contribution < 1.29 is 9.47 Å². The maximum Gasteiger partial charge on any atom is 0.168 e. The van der Waals surface area contributed by atoms with Crippen molar-refractivity contribution in [2.75, 3.05) is 18.5 Å². The van der Waals surface area contributed by atoms with Crippen molar-refractivity contribution in [3.8, 4) is 0 Å². The molecule has 1 spiro atoms. The molecule has 0 bridgehead atoms. The molecular formula is C14H20N2O2. The highest BCUT2D eigenvalue weighted by molar-refractivity contribution is 5.47. The van der Waals surface area contributed by atoms with Crippen molar-refractivity contribution in [3.05, 3.63) is 24.0 Å². The number of rotatable bonds is 2. The fraction of sp³-hybridized carbons (Fsp3) is 0.643. The molecule has 98 valence electrons. The molecular weight excluding hydrogens is 228 g/mol. The molecule has 18 heavy (non-hydrogen) atoms. The monoisotopic (exact) mass is 248 g/mol. The Balaban J connectivity index is 1.59. The summed E-state index contributed by atoms with van der Waals surface area (Å²) in [5, 5.41) is 3.58. The molecule has 3 rings (SSSR count). The van der Waals surface area contributed by atoms with Crippen LogP contribution in [0.25, 0.3) is 0 Å². The summed E-state index contributed by atoms with van der Waals surface area (Å²) in [6.45, 7) is 3.54. The number of anilines is 1. The smallest absolute Gasteiger partial charge is 0.168 e. The van der Waals surface area contributed by atoms with Gasteiger partial charge in [-0.1, -0.05) is 0 Å². The summed E-state index contributed by atoms with van der Waals surface area (Å²) in [4.78, 5) is 4.30. The third-order valence-electron chi connectivity index (χ3n) is 3.93. The largest absolute Gasteiger partial charge is 0.381 e. The molecule has 2 heterocycles. The van der Waals surface area contributed by atoms with E-state index in [2.05, 4.69) is 16.4 Å². The average molecular weight is 248 g/mol. The van der Waals surface area contributed by atoms with Gasteiger partial charge < -0.3 is 14.8 Å². The Morgan fingerprint density at radius 2 is 2.00 bits per heavy atom. The molecule has 4 heteroatoms. The van der Waals surface area contributed by atoms with Crippen LogP contribution in [0.15, 0.2) is 18.3 Å². The second-order valence-electron chi connectivity index (χ2n) is 5.16. The highest BCUT2D eigenvalue weighted by atomic mass is 16.7. The Morgan fingerprint density at radius 3 is 2.67 bits per heavy atom. The minimum atomic E-state index is -0.262. The molecule has 1 aromatic rings. The lowest BCUT2D eigenvalue weighted by molar-refractivity contribution is -0.177.